The molecule has 0 spiro atoms. The van der Waals surface area contributed by atoms with Gasteiger partial charge in [-0.3, -0.25) is 9.59 Å². The number of aliphatic hydroxyl groups excluding tert-OH is 1. The van der Waals surface area contributed by atoms with E-state index < -0.39 is 11.7 Å². The fourth-order valence-corrected chi connectivity index (χ4v) is 3.47. The van der Waals surface area contributed by atoms with Gasteiger partial charge in [0, 0.05) is 24.5 Å². The number of aliphatic hydroxyl groups is 1. The van der Waals surface area contributed by atoms with Crippen molar-refractivity contribution in [3.63, 3.8) is 0 Å². The molecule has 0 aromatic carbocycles. The molecule has 25 heavy (non-hydrogen) atoms. The highest BCUT2D eigenvalue weighted by Gasteiger charge is 2.45. The second kappa shape index (κ2) is 7.41. The minimum atomic E-state index is -0.728. The first-order valence-corrected chi connectivity index (χ1v) is 8.27. The van der Waals surface area contributed by atoms with E-state index >= 15 is 0 Å². The molecule has 1 aromatic heterocycles. The maximum Gasteiger partial charge on any atom is 0.213 e. The molecule has 2 unspecified atom stereocenters. The highest BCUT2D eigenvalue weighted by atomic mass is 19.1. The largest absolute Gasteiger partial charge is 0.506 e. The van der Waals surface area contributed by atoms with Gasteiger partial charge in [-0.05, 0) is 31.4 Å². The molecule has 0 aliphatic heterocycles. The van der Waals surface area contributed by atoms with Gasteiger partial charge in [0.25, 0.3) is 0 Å². The molecule has 7 heteroatoms. The summed E-state index contributed by atoms with van der Waals surface area (Å²) in [7, 11) is 1.53. The van der Waals surface area contributed by atoms with Crippen LogP contribution in [0.3, 0.4) is 0 Å². The van der Waals surface area contributed by atoms with Gasteiger partial charge in [-0.25, -0.2) is 4.98 Å². The van der Waals surface area contributed by atoms with E-state index in [1.54, 1.807) is 0 Å². The van der Waals surface area contributed by atoms with Gasteiger partial charge in [0.05, 0.1) is 25.5 Å². The summed E-state index contributed by atoms with van der Waals surface area (Å²) in [5, 5.41) is 10.6. The predicted molar refractivity (Wildman–Crippen MR) is 86.1 cm³/mol. The number of allylic oxidation sites excluding steroid dienone is 1. The Labute approximate surface area is 144 Å². The van der Waals surface area contributed by atoms with E-state index in [-0.39, 0.29) is 53.4 Å². The number of ether oxygens (including phenoxy) is 2. The Morgan fingerprint density at radius 3 is 2.56 bits per heavy atom. The predicted octanol–water partition coefficient (Wildman–Crippen LogP) is 2.22. The van der Waals surface area contributed by atoms with E-state index in [2.05, 4.69) is 4.98 Å². The zero-order chi connectivity index (χ0) is 18.0. The number of methoxy groups -OCH3 is 1. The molecule has 1 N–H and O–H groups in total. The van der Waals surface area contributed by atoms with Gasteiger partial charge in [-0.2, -0.15) is 4.39 Å². The molecular weight excluding hydrogens is 329 g/mol. The first-order chi connectivity index (χ1) is 12.0. The molecule has 0 amide bonds. The zero-order valence-corrected chi connectivity index (χ0v) is 14.0. The average molecular weight is 349 g/mol. The van der Waals surface area contributed by atoms with Crippen molar-refractivity contribution in [3.8, 4) is 0 Å². The van der Waals surface area contributed by atoms with Crippen LogP contribution in [0, 0.1) is 17.8 Å². The van der Waals surface area contributed by atoms with E-state index in [4.69, 9.17) is 9.47 Å². The highest BCUT2D eigenvalue weighted by Crippen LogP contribution is 2.42. The smallest absolute Gasteiger partial charge is 0.213 e. The minimum Gasteiger partial charge on any atom is -0.506 e. The fraction of sp³-hybridized carbons (Fsp3) is 0.500. The van der Waals surface area contributed by atoms with Gasteiger partial charge in [-0.1, -0.05) is 0 Å². The third kappa shape index (κ3) is 3.48. The number of ketones is 2. The van der Waals surface area contributed by atoms with Crippen molar-refractivity contribution in [2.45, 2.75) is 25.9 Å². The van der Waals surface area contributed by atoms with Gasteiger partial charge in [0.2, 0.25) is 5.95 Å². The van der Waals surface area contributed by atoms with Crippen molar-refractivity contribution in [3.05, 3.63) is 34.9 Å². The molecule has 2 bridgehead atoms. The average Bonchev–Trinajstić information content (AvgIpc) is 3.04. The fourth-order valence-electron chi connectivity index (χ4n) is 3.47. The Morgan fingerprint density at radius 2 is 1.92 bits per heavy atom. The first-order valence-electron chi connectivity index (χ1n) is 8.27. The van der Waals surface area contributed by atoms with Gasteiger partial charge >= 0.3 is 0 Å². The van der Waals surface area contributed by atoms with Crippen LogP contribution in [0.2, 0.25) is 0 Å². The maximum atomic E-state index is 13.5. The van der Waals surface area contributed by atoms with Crippen LogP contribution in [0.15, 0.2) is 17.7 Å². The Morgan fingerprint density at radius 1 is 1.24 bits per heavy atom. The van der Waals surface area contributed by atoms with E-state index in [0.29, 0.717) is 25.9 Å². The summed E-state index contributed by atoms with van der Waals surface area (Å²) in [6, 6.07) is 2.40. The number of aromatic nitrogens is 1. The van der Waals surface area contributed by atoms with E-state index in [0.717, 1.165) is 6.07 Å². The number of carbonyl (C=O) groups excluding carboxylic acids is 2. The second-order valence-corrected chi connectivity index (χ2v) is 6.33. The molecule has 2 aliphatic rings. The number of hydrogen-bond donors (Lipinski definition) is 1. The number of rotatable bonds is 6. The lowest BCUT2D eigenvalue weighted by Crippen LogP contribution is -2.30. The number of halogens is 1. The van der Waals surface area contributed by atoms with E-state index in [1.807, 2.05) is 0 Å². The van der Waals surface area contributed by atoms with Gasteiger partial charge in [0.15, 0.2) is 11.6 Å². The molecule has 3 rings (SSSR count). The molecule has 1 aromatic rings. The van der Waals surface area contributed by atoms with Crippen LogP contribution >= 0.6 is 0 Å². The van der Waals surface area contributed by atoms with Gasteiger partial charge in [-0.15, -0.1) is 0 Å². The summed E-state index contributed by atoms with van der Waals surface area (Å²) < 4.78 is 23.7. The third-order valence-corrected chi connectivity index (χ3v) is 4.77. The summed E-state index contributed by atoms with van der Waals surface area (Å²) in [5.41, 5.74) is 0.113. The molecular formula is C18H20FNO5. The second-order valence-electron chi connectivity index (χ2n) is 6.33. The molecule has 2 atom stereocenters. The standard InChI is InChI=1S/C18H20FNO5/c1-24-6-7-25-9-13-12(4-5-14(19)20-13)18(23)15-16(21)10-2-3-11(8-10)17(15)22/h4-5,10-11,23H,2-3,6-9H2,1H3. The van der Waals surface area contributed by atoms with Crippen LogP contribution < -0.4 is 0 Å². The van der Waals surface area contributed by atoms with Crippen molar-refractivity contribution < 1.29 is 28.6 Å². The van der Waals surface area contributed by atoms with Crippen LogP contribution in [-0.4, -0.2) is 42.0 Å². The molecule has 2 fully saturated rings. The van der Waals surface area contributed by atoms with Crippen LogP contribution in [0.25, 0.3) is 5.76 Å². The van der Waals surface area contributed by atoms with Crippen molar-refractivity contribution in [1.29, 1.82) is 0 Å². The summed E-state index contributed by atoms with van der Waals surface area (Å²) >= 11 is 0. The van der Waals surface area contributed by atoms with E-state index in [9.17, 15) is 19.1 Å². The highest BCUT2D eigenvalue weighted by molar-refractivity contribution is 6.27. The van der Waals surface area contributed by atoms with Crippen molar-refractivity contribution in [1.82, 2.24) is 4.98 Å². The molecule has 1 heterocycles. The van der Waals surface area contributed by atoms with Crippen molar-refractivity contribution in [2.24, 2.45) is 11.8 Å². The van der Waals surface area contributed by atoms with Crippen LogP contribution in [0.4, 0.5) is 4.39 Å². The van der Waals surface area contributed by atoms with Gasteiger partial charge in [0.1, 0.15) is 11.3 Å². The SMILES string of the molecule is COCCOCc1nc(F)ccc1C(O)=C1C(=O)C2CCC(C2)C1=O. The van der Waals surface area contributed by atoms with Gasteiger partial charge < -0.3 is 14.6 Å². The van der Waals surface area contributed by atoms with Crippen molar-refractivity contribution in [2.75, 3.05) is 20.3 Å². The normalized spacial score (nSPS) is 22.6. The Bertz CT molecular complexity index is 706. The third-order valence-electron chi connectivity index (χ3n) is 4.77. The van der Waals surface area contributed by atoms with Crippen molar-refractivity contribution >= 4 is 17.3 Å². The summed E-state index contributed by atoms with van der Waals surface area (Å²) in [6.07, 6.45) is 1.89. The maximum absolute atomic E-state index is 13.5. The Balaban J connectivity index is 1.94. The van der Waals surface area contributed by atoms with Crippen LogP contribution in [0.1, 0.15) is 30.5 Å². The summed E-state index contributed by atoms with van der Waals surface area (Å²) in [6.45, 7) is 0.564. The molecule has 2 aliphatic carbocycles. The van der Waals surface area contributed by atoms with E-state index in [1.165, 1.54) is 13.2 Å². The lowest BCUT2D eigenvalue weighted by Gasteiger charge is -2.21. The van der Waals surface area contributed by atoms with Crippen LogP contribution in [0.5, 0.6) is 0 Å². The zero-order valence-electron chi connectivity index (χ0n) is 14.0. The Kier molecular flexibility index (Phi) is 5.24. The quantitative estimate of drug-likeness (QED) is 0.279. The number of Topliss-reactive ketones (excluding diaryl/α,β-unsaturated/α-hetero) is 2. The molecule has 0 radical (unpaired) electrons. The first kappa shape index (κ1) is 17.7. The number of nitrogens with zero attached hydrogens (tertiary/aromatic N) is 1. The topological polar surface area (TPSA) is 85.7 Å². The molecule has 6 nitrogen and oxygen atoms in total. The van der Waals surface area contributed by atoms with Crippen LogP contribution in [-0.2, 0) is 25.7 Å². The number of pyridine rings is 1. The number of fused-ring (bicyclic) bond motifs is 2. The number of carbonyl (C=O) groups is 2. The summed E-state index contributed by atoms with van der Waals surface area (Å²) in [5.74, 6) is -2.24. The molecule has 2 saturated carbocycles. The number of hydrogen-bond acceptors (Lipinski definition) is 6. The molecule has 134 valence electrons. The molecule has 0 saturated heterocycles. The lowest BCUT2D eigenvalue weighted by molar-refractivity contribution is -0.127. The minimum absolute atomic E-state index is 0.0664. The summed E-state index contributed by atoms with van der Waals surface area (Å²) in [4.78, 5) is 28.8. The lowest BCUT2D eigenvalue weighted by atomic mass is 9.81. The monoisotopic (exact) mass is 349 g/mol. The Hall–Kier alpha value is -2.12.